The Kier molecular flexibility index (Phi) is 4.22. The first-order valence-electron chi connectivity index (χ1n) is 5.59. The van der Waals surface area contributed by atoms with Gasteiger partial charge < -0.3 is 14.5 Å². The molecule has 1 heterocycles. The van der Waals surface area contributed by atoms with E-state index in [2.05, 4.69) is 5.32 Å². The molecular weight excluding hydrogens is 304 g/mol. The van der Waals surface area contributed by atoms with Crippen molar-refractivity contribution in [3.63, 3.8) is 0 Å². The van der Waals surface area contributed by atoms with Crippen molar-refractivity contribution in [2.24, 2.45) is 5.14 Å². The topological polar surface area (TPSA) is 94.6 Å². The standard InChI is InChI=1S/C12H13ClN2O4S/c1-18-11-6-8(2-4-10(11)13)15-7-9-3-5-12(19-9)20(14,16)17/h2-6,15H,7H2,1H3,(H2,14,16,17). The molecule has 1 aromatic carbocycles. The van der Waals surface area contributed by atoms with Gasteiger partial charge in [0.15, 0.2) is 0 Å². The Morgan fingerprint density at radius 2 is 2.10 bits per heavy atom. The van der Waals surface area contributed by atoms with Gasteiger partial charge in [-0.05, 0) is 24.3 Å². The van der Waals surface area contributed by atoms with E-state index >= 15 is 0 Å². The van der Waals surface area contributed by atoms with E-state index in [1.807, 2.05) is 0 Å². The Hall–Kier alpha value is -1.70. The number of sulfonamides is 1. The number of halogens is 1. The van der Waals surface area contributed by atoms with Crippen LogP contribution in [0.5, 0.6) is 5.75 Å². The fraction of sp³-hybridized carbons (Fsp3) is 0.167. The quantitative estimate of drug-likeness (QED) is 0.881. The van der Waals surface area contributed by atoms with Gasteiger partial charge in [0.2, 0.25) is 5.09 Å². The van der Waals surface area contributed by atoms with Gasteiger partial charge in [-0.2, -0.15) is 0 Å². The Morgan fingerprint density at radius 1 is 1.35 bits per heavy atom. The number of nitrogens with one attached hydrogen (secondary N) is 1. The van der Waals surface area contributed by atoms with Crippen LogP contribution >= 0.6 is 11.6 Å². The molecule has 0 bridgehead atoms. The third-order valence-corrected chi connectivity index (χ3v) is 3.63. The van der Waals surface area contributed by atoms with Gasteiger partial charge in [-0.25, -0.2) is 13.6 Å². The molecule has 0 radical (unpaired) electrons. The number of primary sulfonamides is 1. The average Bonchev–Trinajstić information content (AvgIpc) is 2.86. The molecule has 0 amide bonds. The minimum Gasteiger partial charge on any atom is -0.495 e. The number of ether oxygens (including phenoxy) is 1. The van der Waals surface area contributed by atoms with Crippen molar-refractivity contribution < 1.29 is 17.6 Å². The fourth-order valence-electron chi connectivity index (χ4n) is 1.57. The molecule has 3 N–H and O–H groups in total. The molecule has 2 aromatic rings. The summed E-state index contributed by atoms with van der Waals surface area (Å²) in [5.41, 5.74) is 0.764. The average molecular weight is 317 g/mol. The summed E-state index contributed by atoms with van der Waals surface area (Å²) in [5, 5.41) is 8.26. The van der Waals surface area contributed by atoms with Crippen LogP contribution in [0.15, 0.2) is 39.8 Å². The van der Waals surface area contributed by atoms with Gasteiger partial charge in [0, 0.05) is 11.8 Å². The second-order valence-corrected chi connectivity index (χ2v) is 5.87. The van der Waals surface area contributed by atoms with E-state index in [1.165, 1.54) is 13.2 Å². The summed E-state index contributed by atoms with van der Waals surface area (Å²) < 4.78 is 32.4. The lowest BCUT2D eigenvalue weighted by Crippen LogP contribution is -2.10. The molecule has 1 aromatic heterocycles. The number of furan rings is 1. The van der Waals surface area contributed by atoms with Crippen LogP contribution in [0, 0.1) is 0 Å². The first kappa shape index (κ1) is 14.7. The van der Waals surface area contributed by atoms with Crippen molar-refractivity contribution in [1.29, 1.82) is 0 Å². The molecule has 0 fully saturated rings. The second kappa shape index (κ2) is 5.74. The Morgan fingerprint density at radius 3 is 2.70 bits per heavy atom. The van der Waals surface area contributed by atoms with Crippen LogP contribution in [0.25, 0.3) is 0 Å². The minimum absolute atomic E-state index is 0.261. The molecule has 0 atom stereocenters. The SMILES string of the molecule is COc1cc(NCc2ccc(S(N)(=O)=O)o2)ccc1Cl. The van der Waals surface area contributed by atoms with Crippen molar-refractivity contribution in [3.05, 3.63) is 41.1 Å². The van der Waals surface area contributed by atoms with Crippen LogP contribution in [0.4, 0.5) is 5.69 Å². The molecule has 6 nitrogen and oxygen atoms in total. The summed E-state index contributed by atoms with van der Waals surface area (Å²) >= 11 is 5.92. The molecule has 2 rings (SSSR count). The Balaban J connectivity index is 2.07. The lowest BCUT2D eigenvalue weighted by molar-refractivity contribution is 0.414. The first-order valence-corrected chi connectivity index (χ1v) is 7.51. The fourth-order valence-corrected chi connectivity index (χ4v) is 2.24. The zero-order valence-corrected chi connectivity index (χ0v) is 12.2. The highest BCUT2D eigenvalue weighted by Crippen LogP contribution is 2.27. The van der Waals surface area contributed by atoms with E-state index in [4.69, 9.17) is 25.9 Å². The predicted octanol–water partition coefficient (Wildman–Crippen LogP) is 2.20. The minimum atomic E-state index is -3.81. The van der Waals surface area contributed by atoms with Crippen LogP contribution in [-0.2, 0) is 16.6 Å². The third kappa shape index (κ3) is 3.44. The van der Waals surface area contributed by atoms with Crippen LogP contribution in [0.1, 0.15) is 5.76 Å². The maximum Gasteiger partial charge on any atom is 0.271 e. The highest BCUT2D eigenvalue weighted by atomic mass is 35.5. The number of benzene rings is 1. The second-order valence-electron chi connectivity index (χ2n) is 3.97. The van der Waals surface area contributed by atoms with Gasteiger partial charge in [-0.15, -0.1) is 0 Å². The maximum atomic E-state index is 11.1. The smallest absolute Gasteiger partial charge is 0.271 e. The summed E-state index contributed by atoms with van der Waals surface area (Å²) in [6.07, 6.45) is 0. The summed E-state index contributed by atoms with van der Waals surface area (Å²) in [7, 11) is -2.29. The van der Waals surface area contributed by atoms with Crippen molar-refractivity contribution in [2.75, 3.05) is 12.4 Å². The Labute approximate surface area is 121 Å². The molecular formula is C12H13ClN2O4S. The van der Waals surface area contributed by atoms with Gasteiger partial charge in [-0.3, -0.25) is 0 Å². The van der Waals surface area contributed by atoms with E-state index in [9.17, 15) is 8.42 Å². The zero-order valence-electron chi connectivity index (χ0n) is 10.6. The maximum absolute atomic E-state index is 11.1. The lowest BCUT2D eigenvalue weighted by Gasteiger charge is -2.08. The van der Waals surface area contributed by atoms with Gasteiger partial charge in [0.1, 0.15) is 11.5 Å². The van der Waals surface area contributed by atoms with Crippen molar-refractivity contribution in [2.45, 2.75) is 11.6 Å². The predicted molar refractivity (Wildman–Crippen MR) is 75.4 cm³/mol. The number of nitrogens with two attached hydrogens (primary N) is 1. The summed E-state index contributed by atoms with van der Waals surface area (Å²) in [6.45, 7) is 0.306. The summed E-state index contributed by atoms with van der Waals surface area (Å²) in [6, 6.07) is 8.05. The van der Waals surface area contributed by atoms with E-state index in [-0.39, 0.29) is 5.09 Å². The Bertz CT molecular complexity index is 712. The van der Waals surface area contributed by atoms with Gasteiger partial charge in [-0.1, -0.05) is 11.6 Å². The van der Waals surface area contributed by atoms with Crippen molar-refractivity contribution in [1.82, 2.24) is 0 Å². The number of hydrogen-bond donors (Lipinski definition) is 2. The highest BCUT2D eigenvalue weighted by Gasteiger charge is 2.13. The monoisotopic (exact) mass is 316 g/mol. The van der Waals surface area contributed by atoms with Crippen molar-refractivity contribution >= 4 is 27.3 Å². The summed E-state index contributed by atoms with van der Waals surface area (Å²) in [4.78, 5) is 0. The normalized spacial score (nSPS) is 11.3. The van der Waals surface area contributed by atoms with E-state index in [0.717, 1.165) is 5.69 Å². The van der Waals surface area contributed by atoms with Crippen LogP contribution in [-0.4, -0.2) is 15.5 Å². The molecule has 20 heavy (non-hydrogen) atoms. The van der Waals surface area contributed by atoms with Crippen molar-refractivity contribution in [3.8, 4) is 5.75 Å². The first-order chi connectivity index (χ1) is 9.40. The van der Waals surface area contributed by atoms with E-state index < -0.39 is 10.0 Å². The molecule has 8 heteroatoms. The molecule has 0 saturated carbocycles. The molecule has 0 aliphatic carbocycles. The molecule has 108 valence electrons. The molecule has 0 saturated heterocycles. The third-order valence-electron chi connectivity index (χ3n) is 2.54. The highest BCUT2D eigenvalue weighted by molar-refractivity contribution is 7.89. The molecule has 0 aliphatic rings. The number of methoxy groups -OCH3 is 1. The van der Waals surface area contributed by atoms with E-state index in [1.54, 1.807) is 24.3 Å². The number of hydrogen-bond acceptors (Lipinski definition) is 5. The lowest BCUT2D eigenvalue weighted by atomic mass is 10.3. The van der Waals surface area contributed by atoms with Crippen LogP contribution < -0.4 is 15.2 Å². The van der Waals surface area contributed by atoms with Crippen LogP contribution in [0.2, 0.25) is 5.02 Å². The molecule has 0 unspecified atom stereocenters. The summed E-state index contributed by atoms with van der Waals surface area (Å²) in [5.74, 6) is 0.990. The number of rotatable bonds is 5. The zero-order chi connectivity index (χ0) is 14.8. The largest absolute Gasteiger partial charge is 0.495 e. The van der Waals surface area contributed by atoms with E-state index in [0.29, 0.717) is 23.1 Å². The van der Waals surface area contributed by atoms with Gasteiger partial charge in [0.25, 0.3) is 10.0 Å². The molecule has 0 aliphatic heterocycles. The van der Waals surface area contributed by atoms with Gasteiger partial charge in [0.05, 0.1) is 18.7 Å². The van der Waals surface area contributed by atoms with Crippen LogP contribution in [0.3, 0.4) is 0 Å². The number of anilines is 1. The molecule has 0 spiro atoms. The van der Waals surface area contributed by atoms with Gasteiger partial charge >= 0.3 is 0 Å².